The summed E-state index contributed by atoms with van der Waals surface area (Å²) >= 11 is 0. The number of hydrogen-bond acceptors (Lipinski definition) is 2. The normalized spacial score (nSPS) is 17.2. The molecule has 0 aliphatic heterocycles. The van der Waals surface area contributed by atoms with E-state index in [-0.39, 0.29) is 5.91 Å². The third-order valence-corrected chi connectivity index (χ3v) is 3.42. The van der Waals surface area contributed by atoms with Crippen LogP contribution in [-0.2, 0) is 0 Å². The first-order chi connectivity index (χ1) is 7.70. The highest BCUT2D eigenvalue weighted by Gasteiger charge is 2.22. The summed E-state index contributed by atoms with van der Waals surface area (Å²) in [5, 5.41) is 0. The molecule has 0 atom stereocenters. The Kier molecular flexibility index (Phi) is 3.13. The summed E-state index contributed by atoms with van der Waals surface area (Å²) in [5.74, 6) is 0.0466. The summed E-state index contributed by atoms with van der Waals surface area (Å²) in [5.41, 5.74) is 13.7. The number of rotatable bonds is 2. The van der Waals surface area contributed by atoms with Gasteiger partial charge in [0.25, 0.3) is 0 Å². The van der Waals surface area contributed by atoms with E-state index in [9.17, 15) is 4.79 Å². The van der Waals surface area contributed by atoms with Crippen molar-refractivity contribution in [2.24, 2.45) is 5.73 Å². The van der Waals surface area contributed by atoms with E-state index in [0.717, 1.165) is 18.4 Å². The second-order valence-electron chi connectivity index (χ2n) is 4.51. The van der Waals surface area contributed by atoms with Gasteiger partial charge in [-0.1, -0.05) is 25.3 Å². The molecule has 0 radical (unpaired) electrons. The van der Waals surface area contributed by atoms with Gasteiger partial charge in [0.1, 0.15) is 0 Å². The summed E-state index contributed by atoms with van der Waals surface area (Å²) in [6.07, 6.45) is 5.96. The lowest BCUT2D eigenvalue weighted by atomic mass is 9.81. The van der Waals surface area contributed by atoms with E-state index in [1.54, 1.807) is 12.1 Å². The molecule has 0 heterocycles. The predicted octanol–water partition coefficient (Wildman–Crippen LogP) is 2.42. The molecule has 86 valence electrons. The third kappa shape index (κ3) is 2.03. The number of anilines is 1. The molecule has 2 rings (SSSR count). The Morgan fingerprint density at radius 3 is 2.50 bits per heavy atom. The molecule has 16 heavy (non-hydrogen) atoms. The Morgan fingerprint density at radius 2 is 1.88 bits per heavy atom. The minimum absolute atomic E-state index is 0.368. The van der Waals surface area contributed by atoms with Gasteiger partial charge < -0.3 is 11.5 Å². The van der Waals surface area contributed by atoms with Crippen molar-refractivity contribution in [1.82, 2.24) is 0 Å². The van der Waals surface area contributed by atoms with Crippen molar-refractivity contribution in [3.8, 4) is 0 Å². The fourth-order valence-electron chi connectivity index (χ4n) is 2.64. The van der Waals surface area contributed by atoms with Crippen molar-refractivity contribution >= 4 is 11.6 Å². The van der Waals surface area contributed by atoms with E-state index in [0.29, 0.717) is 17.2 Å². The molecule has 0 aromatic heterocycles. The van der Waals surface area contributed by atoms with E-state index in [1.807, 2.05) is 6.07 Å². The maximum atomic E-state index is 11.4. The van der Waals surface area contributed by atoms with Crippen LogP contribution in [0.25, 0.3) is 0 Å². The molecule has 1 fully saturated rings. The van der Waals surface area contributed by atoms with Crippen LogP contribution in [-0.4, -0.2) is 5.91 Å². The van der Waals surface area contributed by atoms with Crippen LogP contribution in [0.15, 0.2) is 18.2 Å². The Bertz CT molecular complexity index is 395. The fraction of sp³-hybridized carbons (Fsp3) is 0.462. The molecule has 0 saturated heterocycles. The van der Waals surface area contributed by atoms with Crippen molar-refractivity contribution in [3.05, 3.63) is 29.3 Å². The van der Waals surface area contributed by atoms with Gasteiger partial charge in [-0.25, -0.2) is 0 Å². The van der Waals surface area contributed by atoms with E-state index in [4.69, 9.17) is 11.5 Å². The molecule has 1 aliphatic carbocycles. The lowest BCUT2D eigenvalue weighted by Gasteiger charge is -2.24. The predicted molar refractivity (Wildman–Crippen MR) is 65.2 cm³/mol. The van der Waals surface area contributed by atoms with Gasteiger partial charge in [0.15, 0.2) is 0 Å². The number of nitrogen functional groups attached to an aromatic ring is 1. The Labute approximate surface area is 95.8 Å². The second-order valence-corrected chi connectivity index (χ2v) is 4.51. The van der Waals surface area contributed by atoms with Gasteiger partial charge in [-0.05, 0) is 36.5 Å². The minimum Gasteiger partial charge on any atom is -0.398 e. The monoisotopic (exact) mass is 218 g/mol. The molecule has 1 saturated carbocycles. The molecule has 3 nitrogen and oxygen atoms in total. The highest BCUT2D eigenvalue weighted by atomic mass is 16.1. The Morgan fingerprint density at radius 1 is 1.19 bits per heavy atom. The van der Waals surface area contributed by atoms with Crippen molar-refractivity contribution in [2.75, 3.05) is 5.73 Å². The van der Waals surface area contributed by atoms with Gasteiger partial charge in [0, 0.05) is 11.3 Å². The highest BCUT2D eigenvalue weighted by molar-refractivity contribution is 5.96. The van der Waals surface area contributed by atoms with E-state index in [2.05, 4.69) is 0 Å². The molecule has 0 bridgehead atoms. The number of carbonyl (C=O) groups excluding carboxylic acids is 1. The fourth-order valence-corrected chi connectivity index (χ4v) is 2.64. The molecule has 1 aliphatic rings. The first kappa shape index (κ1) is 11.0. The molecule has 1 aromatic rings. The molecular weight excluding hydrogens is 200 g/mol. The zero-order chi connectivity index (χ0) is 11.5. The van der Waals surface area contributed by atoms with Crippen LogP contribution in [0, 0.1) is 0 Å². The van der Waals surface area contributed by atoms with Crippen LogP contribution in [0.1, 0.15) is 53.9 Å². The molecule has 3 heteroatoms. The van der Waals surface area contributed by atoms with Crippen LogP contribution >= 0.6 is 0 Å². The maximum Gasteiger partial charge on any atom is 0.249 e. The van der Waals surface area contributed by atoms with Crippen molar-refractivity contribution in [2.45, 2.75) is 38.0 Å². The quantitative estimate of drug-likeness (QED) is 0.748. The van der Waals surface area contributed by atoms with Gasteiger partial charge in [-0.15, -0.1) is 0 Å². The number of benzene rings is 1. The summed E-state index contributed by atoms with van der Waals surface area (Å²) in [6, 6.07) is 5.43. The van der Waals surface area contributed by atoms with Gasteiger partial charge in [-0.2, -0.15) is 0 Å². The number of nitrogens with two attached hydrogens (primary N) is 2. The number of carbonyl (C=O) groups is 1. The van der Waals surface area contributed by atoms with Crippen LogP contribution in [0.4, 0.5) is 5.69 Å². The topological polar surface area (TPSA) is 69.1 Å². The minimum atomic E-state index is -0.368. The molecule has 0 spiro atoms. The lowest BCUT2D eigenvalue weighted by Crippen LogP contribution is -2.18. The summed E-state index contributed by atoms with van der Waals surface area (Å²) in [7, 11) is 0. The average molecular weight is 218 g/mol. The maximum absolute atomic E-state index is 11.4. The molecule has 1 aromatic carbocycles. The van der Waals surface area contributed by atoms with E-state index >= 15 is 0 Å². The number of hydrogen-bond donors (Lipinski definition) is 2. The first-order valence-electron chi connectivity index (χ1n) is 5.88. The second kappa shape index (κ2) is 4.56. The Balaban J connectivity index is 2.40. The average Bonchev–Trinajstić information content (AvgIpc) is 2.29. The lowest BCUT2D eigenvalue weighted by molar-refractivity contribution is 0.0998. The van der Waals surface area contributed by atoms with Crippen molar-refractivity contribution in [1.29, 1.82) is 0 Å². The summed E-state index contributed by atoms with van der Waals surface area (Å²) in [4.78, 5) is 11.4. The van der Waals surface area contributed by atoms with Crippen LogP contribution in [0.5, 0.6) is 0 Å². The summed E-state index contributed by atoms with van der Waals surface area (Å²) < 4.78 is 0. The van der Waals surface area contributed by atoms with E-state index in [1.165, 1.54) is 19.3 Å². The smallest absolute Gasteiger partial charge is 0.249 e. The summed E-state index contributed by atoms with van der Waals surface area (Å²) in [6.45, 7) is 0. The Hall–Kier alpha value is -1.51. The van der Waals surface area contributed by atoms with Gasteiger partial charge in [-0.3, -0.25) is 4.79 Å². The van der Waals surface area contributed by atoms with Gasteiger partial charge in [0.2, 0.25) is 5.91 Å². The van der Waals surface area contributed by atoms with Crippen LogP contribution < -0.4 is 11.5 Å². The largest absolute Gasteiger partial charge is 0.398 e. The molecule has 4 N–H and O–H groups in total. The van der Waals surface area contributed by atoms with Crippen LogP contribution in [0.2, 0.25) is 0 Å². The van der Waals surface area contributed by atoms with Gasteiger partial charge >= 0.3 is 0 Å². The SMILES string of the molecule is NC(=O)c1cccc(N)c1C1CCCCC1. The third-order valence-electron chi connectivity index (χ3n) is 3.42. The van der Waals surface area contributed by atoms with Crippen LogP contribution in [0.3, 0.4) is 0 Å². The number of amides is 1. The first-order valence-corrected chi connectivity index (χ1v) is 5.88. The standard InChI is InChI=1S/C13H18N2O/c14-11-8-4-7-10(13(15)16)12(11)9-5-2-1-3-6-9/h4,7-9H,1-3,5-6,14H2,(H2,15,16). The molecular formula is C13H18N2O. The van der Waals surface area contributed by atoms with Crippen molar-refractivity contribution in [3.63, 3.8) is 0 Å². The zero-order valence-electron chi connectivity index (χ0n) is 9.41. The van der Waals surface area contributed by atoms with Crippen molar-refractivity contribution < 1.29 is 4.79 Å². The van der Waals surface area contributed by atoms with E-state index < -0.39 is 0 Å². The molecule has 1 amide bonds. The molecule has 0 unspecified atom stereocenters. The highest BCUT2D eigenvalue weighted by Crippen LogP contribution is 2.37. The van der Waals surface area contributed by atoms with Gasteiger partial charge in [0.05, 0.1) is 0 Å². The zero-order valence-corrected chi connectivity index (χ0v) is 9.41. The number of primary amides is 1.